The number of Topliss-reactive ketones (excluding diaryl/α,β-unsaturated/α-hetero) is 1. The van der Waals surface area contributed by atoms with Gasteiger partial charge >= 0.3 is 0 Å². The van der Waals surface area contributed by atoms with E-state index in [-0.39, 0.29) is 41.3 Å². The Labute approximate surface area is 312 Å². The zero-order valence-corrected chi connectivity index (χ0v) is 31.1. The second-order valence-electron chi connectivity index (χ2n) is 17.8. The summed E-state index contributed by atoms with van der Waals surface area (Å²) >= 11 is 0. The normalized spacial score (nSPS) is 39.1. The summed E-state index contributed by atoms with van der Waals surface area (Å²) in [6.07, 6.45) is 12.1. The van der Waals surface area contributed by atoms with Crippen molar-refractivity contribution in [1.29, 1.82) is 0 Å². The fourth-order valence-corrected chi connectivity index (χ4v) is 12.3. The fourth-order valence-electron chi connectivity index (χ4n) is 12.3. The molecular weight excluding hydrogens is 676 g/mol. The van der Waals surface area contributed by atoms with E-state index >= 15 is 0 Å². The molecular formula is C44H55F2NO6. The smallest absolute Gasteiger partial charge is 0.189 e. The van der Waals surface area contributed by atoms with Crippen LogP contribution in [-0.2, 0) is 16.1 Å². The molecule has 2 spiro atoms. The van der Waals surface area contributed by atoms with Crippen LogP contribution in [0.1, 0.15) is 87.6 Å². The van der Waals surface area contributed by atoms with E-state index in [9.17, 15) is 28.9 Å². The molecule has 0 amide bonds. The van der Waals surface area contributed by atoms with Crippen LogP contribution in [0.5, 0.6) is 0 Å². The van der Waals surface area contributed by atoms with E-state index < -0.39 is 45.7 Å². The van der Waals surface area contributed by atoms with Crippen molar-refractivity contribution in [1.82, 2.24) is 4.90 Å². The summed E-state index contributed by atoms with van der Waals surface area (Å²) in [5.74, 6) is -2.38. The van der Waals surface area contributed by atoms with Crippen LogP contribution in [-0.4, -0.2) is 82.8 Å². The number of rotatable bonds is 12. The molecule has 1 saturated heterocycles. The van der Waals surface area contributed by atoms with Gasteiger partial charge in [0.25, 0.3) is 0 Å². The zero-order chi connectivity index (χ0) is 37.2. The van der Waals surface area contributed by atoms with Gasteiger partial charge in [-0.3, -0.25) is 9.69 Å². The van der Waals surface area contributed by atoms with Gasteiger partial charge in [0.05, 0.1) is 37.1 Å². The molecule has 4 fully saturated rings. The van der Waals surface area contributed by atoms with Crippen LogP contribution >= 0.6 is 0 Å². The van der Waals surface area contributed by atoms with Gasteiger partial charge < -0.3 is 24.8 Å². The van der Waals surface area contributed by atoms with Gasteiger partial charge in [0.1, 0.15) is 0 Å². The van der Waals surface area contributed by atoms with E-state index in [1.807, 2.05) is 30.3 Å². The number of nitrogens with zero attached hydrogens (tertiary/aromatic N) is 1. The number of benzene rings is 2. The molecule has 1 unspecified atom stereocenters. The summed E-state index contributed by atoms with van der Waals surface area (Å²) in [6, 6.07) is 13.3. The lowest BCUT2D eigenvalue weighted by Crippen LogP contribution is -2.67. The first-order chi connectivity index (χ1) is 25.3. The van der Waals surface area contributed by atoms with E-state index in [0.717, 1.165) is 49.8 Å². The molecule has 0 aromatic heterocycles. The Morgan fingerprint density at radius 2 is 1.74 bits per heavy atom. The SMILES string of the molecule is C[C@]12CC[C@H]3[C@]4(C=C[C@@]5(C=C4C(=O)c4ccc(F)c(F)c4)CC(O)CC[C@]35C)[C@@H]1CC[C@@]2(O)CN(C[C@@H](O)COCc1ccccc1)C[C@H]1CCCO1. The minimum absolute atomic E-state index is 0.0213. The number of allylic oxidation sites excluding steroid dienone is 4. The third-order valence-corrected chi connectivity index (χ3v) is 15.0. The summed E-state index contributed by atoms with van der Waals surface area (Å²) in [5.41, 5.74) is -1.42. The lowest BCUT2D eigenvalue weighted by Gasteiger charge is -2.71. The molecule has 0 radical (unpaired) electrons. The van der Waals surface area contributed by atoms with Gasteiger partial charge in [-0.05, 0) is 98.8 Å². The van der Waals surface area contributed by atoms with Gasteiger partial charge in [0.15, 0.2) is 17.4 Å². The highest BCUT2D eigenvalue weighted by atomic mass is 19.2. The molecule has 1 heterocycles. The fraction of sp³-hybridized carbons (Fsp3) is 0.614. The van der Waals surface area contributed by atoms with Crippen molar-refractivity contribution in [3.05, 3.63) is 95.1 Å². The molecule has 53 heavy (non-hydrogen) atoms. The lowest BCUT2D eigenvalue weighted by molar-refractivity contribution is -0.177. The number of hydrogen-bond donors (Lipinski definition) is 3. The molecule has 6 aliphatic carbocycles. The molecule has 2 aromatic rings. The first-order valence-corrected chi connectivity index (χ1v) is 19.8. The van der Waals surface area contributed by atoms with Crippen LogP contribution in [0.4, 0.5) is 8.78 Å². The Kier molecular flexibility index (Phi) is 9.64. The first-order valence-electron chi connectivity index (χ1n) is 19.8. The topological polar surface area (TPSA) is 99.5 Å². The molecule has 9 heteroatoms. The van der Waals surface area contributed by atoms with Crippen LogP contribution in [0.15, 0.2) is 72.3 Å². The predicted octanol–water partition coefficient (Wildman–Crippen LogP) is 6.80. The second-order valence-corrected chi connectivity index (χ2v) is 17.8. The molecule has 2 bridgehead atoms. The summed E-state index contributed by atoms with van der Waals surface area (Å²) in [4.78, 5) is 16.9. The van der Waals surface area contributed by atoms with Crippen molar-refractivity contribution < 1.29 is 38.4 Å². The van der Waals surface area contributed by atoms with E-state index in [1.165, 1.54) is 6.07 Å². The first kappa shape index (κ1) is 37.1. The van der Waals surface area contributed by atoms with Crippen molar-refractivity contribution in [2.45, 2.75) is 102 Å². The third-order valence-electron chi connectivity index (χ3n) is 15.0. The van der Waals surface area contributed by atoms with Gasteiger partial charge in [-0.2, -0.15) is 0 Å². The minimum Gasteiger partial charge on any atom is -0.393 e. The van der Waals surface area contributed by atoms with Crippen LogP contribution < -0.4 is 0 Å². The number of hydrogen-bond acceptors (Lipinski definition) is 7. The summed E-state index contributed by atoms with van der Waals surface area (Å²) < 4.78 is 40.7. The predicted molar refractivity (Wildman–Crippen MR) is 197 cm³/mol. The summed E-state index contributed by atoms with van der Waals surface area (Å²) in [7, 11) is 0. The van der Waals surface area contributed by atoms with Crippen molar-refractivity contribution in [3.63, 3.8) is 0 Å². The molecule has 286 valence electrons. The number of carbonyl (C=O) groups excluding carboxylic acids is 1. The Morgan fingerprint density at radius 1 is 0.981 bits per heavy atom. The highest BCUT2D eigenvalue weighted by molar-refractivity contribution is 6.10. The van der Waals surface area contributed by atoms with E-state index in [1.54, 1.807) is 0 Å². The summed E-state index contributed by atoms with van der Waals surface area (Å²) in [5, 5.41) is 35.3. The van der Waals surface area contributed by atoms with Gasteiger partial charge in [-0.25, -0.2) is 8.78 Å². The number of ketones is 1. The van der Waals surface area contributed by atoms with Crippen molar-refractivity contribution >= 4 is 5.78 Å². The molecule has 3 saturated carbocycles. The Morgan fingerprint density at radius 3 is 2.49 bits per heavy atom. The van der Waals surface area contributed by atoms with Crippen molar-refractivity contribution in [2.24, 2.45) is 33.5 Å². The molecule has 3 N–H and O–H groups in total. The zero-order valence-electron chi connectivity index (χ0n) is 31.1. The van der Waals surface area contributed by atoms with Crippen molar-refractivity contribution in [3.8, 4) is 0 Å². The number of fused-ring (bicyclic) bond motifs is 1. The average molecular weight is 732 g/mol. The third kappa shape index (κ3) is 6.00. The number of halogens is 2. The Bertz CT molecular complexity index is 1760. The maximum atomic E-state index is 14.7. The molecule has 2 aromatic carbocycles. The minimum atomic E-state index is -1.12. The highest BCUT2D eigenvalue weighted by Crippen LogP contribution is 2.78. The quantitative estimate of drug-likeness (QED) is 0.163. The van der Waals surface area contributed by atoms with Gasteiger partial charge in [0.2, 0.25) is 0 Å². The number of aliphatic hydroxyl groups is 3. The standard InChI is InChI=1S/C44H55F2NO6/c1-40-15-12-31(48)22-42(40)18-19-44(34(23-42)39(50)30-10-11-35(45)36(46)21-30)37(40)13-16-41(2)38(44)14-17-43(41,51)28-47(25-33-9-6-20-53-33)24-32(49)27-52-26-29-7-4-3-5-8-29/h3-5,7-8,10-11,18-19,21,23,31-33,37-38,48-49,51H,6,9,12-17,20,22,24-28H2,1-2H3/t31?,32-,33-,37-,38-,40-,41+,42+,43-,44-/m1/s1. The van der Waals surface area contributed by atoms with E-state index in [2.05, 4.69) is 37.0 Å². The molecule has 7 aliphatic rings. The van der Waals surface area contributed by atoms with E-state index in [0.29, 0.717) is 64.1 Å². The van der Waals surface area contributed by atoms with Gasteiger partial charge in [0, 0.05) is 53.6 Å². The molecule has 1 aliphatic heterocycles. The Balaban J connectivity index is 1.11. The largest absolute Gasteiger partial charge is 0.393 e. The average Bonchev–Trinajstić information content (AvgIpc) is 3.74. The van der Waals surface area contributed by atoms with Crippen molar-refractivity contribution in [2.75, 3.05) is 32.8 Å². The maximum absolute atomic E-state index is 14.7. The van der Waals surface area contributed by atoms with Crippen LogP contribution in [0.3, 0.4) is 0 Å². The lowest BCUT2D eigenvalue weighted by atomic mass is 9.32. The molecule has 10 atom stereocenters. The maximum Gasteiger partial charge on any atom is 0.189 e. The monoisotopic (exact) mass is 731 g/mol. The Hall–Kier alpha value is -2.79. The van der Waals surface area contributed by atoms with Crippen LogP contribution in [0.2, 0.25) is 0 Å². The van der Waals surface area contributed by atoms with Crippen LogP contribution in [0, 0.1) is 45.1 Å². The van der Waals surface area contributed by atoms with E-state index in [4.69, 9.17) is 9.47 Å². The number of carbonyl (C=O) groups is 1. The van der Waals surface area contributed by atoms with Gasteiger partial charge in [-0.15, -0.1) is 0 Å². The molecule has 9 rings (SSSR count). The number of aliphatic hydroxyl groups excluding tert-OH is 2. The van der Waals surface area contributed by atoms with Crippen LogP contribution in [0.25, 0.3) is 0 Å². The number of ether oxygens (including phenoxy) is 2. The second kappa shape index (κ2) is 13.7. The van der Waals surface area contributed by atoms with Gasteiger partial charge in [-0.1, -0.05) is 62.4 Å². The highest BCUT2D eigenvalue weighted by Gasteiger charge is 2.74. The molecule has 7 nitrogen and oxygen atoms in total. The summed E-state index contributed by atoms with van der Waals surface area (Å²) in [6.45, 7) is 7.07.